The number of benzene rings is 2. The quantitative estimate of drug-likeness (QED) is 0.847. The fourth-order valence-corrected chi connectivity index (χ4v) is 4.04. The van der Waals surface area contributed by atoms with Crippen molar-refractivity contribution in [1.29, 1.82) is 0 Å². The summed E-state index contributed by atoms with van der Waals surface area (Å²) >= 11 is 0. The lowest BCUT2D eigenvalue weighted by Gasteiger charge is -2.35. The molecule has 3 aliphatic rings. The normalized spacial score (nSPS) is 20.0. The van der Waals surface area contributed by atoms with E-state index in [0.29, 0.717) is 5.75 Å². The van der Waals surface area contributed by atoms with Gasteiger partial charge in [-0.2, -0.15) is 0 Å². The fraction of sp³-hybridized carbons (Fsp3) is 0.333. The van der Waals surface area contributed by atoms with E-state index in [0.717, 1.165) is 47.6 Å². The van der Waals surface area contributed by atoms with Crippen molar-refractivity contribution in [2.45, 2.75) is 18.9 Å². The van der Waals surface area contributed by atoms with E-state index in [-0.39, 0.29) is 18.6 Å². The van der Waals surface area contributed by atoms with Gasteiger partial charge in [0, 0.05) is 11.6 Å². The molecule has 0 unspecified atom stereocenters. The summed E-state index contributed by atoms with van der Waals surface area (Å²) in [6, 6.07) is 6.10. The number of methoxy groups -OCH3 is 1. The summed E-state index contributed by atoms with van der Waals surface area (Å²) < 4.78 is 16.7. The Bertz CT molecular complexity index is 831. The van der Waals surface area contributed by atoms with Crippen molar-refractivity contribution in [3.63, 3.8) is 0 Å². The van der Waals surface area contributed by atoms with Gasteiger partial charge in [-0.1, -0.05) is 0 Å². The first kappa shape index (κ1) is 13.1. The van der Waals surface area contributed by atoms with Gasteiger partial charge in [0.25, 0.3) is 0 Å². The maximum absolute atomic E-state index is 10.2. The second-order valence-corrected chi connectivity index (χ2v) is 6.20. The van der Waals surface area contributed by atoms with Crippen LogP contribution in [0.1, 0.15) is 22.7 Å². The lowest BCUT2D eigenvalue weighted by Crippen LogP contribution is -2.33. The van der Waals surface area contributed by atoms with Gasteiger partial charge in [-0.3, -0.25) is 0 Å². The second-order valence-electron chi connectivity index (χ2n) is 6.20. The van der Waals surface area contributed by atoms with E-state index < -0.39 is 0 Å². The summed E-state index contributed by atoms with van der Waals surface area (Å²) in [7, 11) is 1.57. The smallest absolute Gasteiger partial charge is 0.231 e. The minimum atomic E-state index is 0.152. The molecule has 2 N–H and O–H groups in total. The molecular weight excluding hydrogens is 294 g/mol. The molecule has 2 heterocycles. The maximum Gasteiger partial charge on any atom is 0.231 e. The molecule has 2 aromatic carbocycles. The zero-order valence-corrected chi connectivity index (χ0v) is 12.8. The zero-order chi connectivity index (χ0) is 15.6. The van der Waals surface area contributed by atoms with Gasteiger partial charge in [0.1, 0.15) is 0 Å². The van der Waals surface area contributed by atoms with Gasteiger partial charge in [0.05, 0.1) is 7.11 Å². The number of hydrogen-bond acceptors (Lipinski definition) is 5. The second kappa shape index (κ2) is 4.55. The molecule has 0 aromatic heterocycles. The Hall–Kier alpha value is -2.40. The third kappa shape index (κ3) is 1.71. The van der Waals surface area contributed by atoms with Crippen LogP contribution in [-0.4, -0.2) is 25.6 Å². The van der Waals surface area contributed by atoms with Crippen molar-refractivity contribution < 1.29 is 19.3 Å². The summed E-state index contributed by atoms with van der Waals surface area (Å²) in [6.07, 6.45) is 1.86. The molecule has 2 aliphatic heterocycles. The van der Waals surface area contributed by atoms with E-state index >= 15 is 0 Å². The molecule has 23 heavy (non-hydrogen) atoms. The van der Waals surface area contributed by atoms with Crippen molar-refractivity contribution in [3.8, 4) is 34.1 Å². The molecule has 1 aliphatic carbocycles. The number of nitrogens with one attached hydrogen (secondary N) is 1. The zero-order valence-electron chi connectivity index (χ0n) is 12.8. The summed E-state index contributed by atoms with van der Waals surface area (Å²) in [5, 5.41) is 13.8. The predicted molar refractivity (Wildman–Crippen MR) is 84.4 cm³/mol. The van der Waals surface area contributed by atoms with E-state index in [1.807, 2.05) is 6.07 Å². The third-order valence-electron chi connectivity index (χ3n) is 5.02. The predicted octanol–water partition coefficient (Wildman–Crippen LogP) is 2.54. The molecule has 0 spiro atoms. The van der Waals surface area contributed by atoms with Crippen LogP contribution in [-0.2, 0) is 12.8 Å². The highest BCUT2D eigenvalue weighted by Crippen LogP contribution is 2.53. The number of hydrogen-bond donors (Lipinski definition) is 2. The van der Waals surface area contributed by atoms with Gasteiger partial charge in [-0.15, -0.1) is 0 Å². The van der Waals surface area contributed by atoms with Gasteiger partial charge in [0.2, 0.25) is 6.79 Å². The van der Waals surface area contributed by atoms with Crippen molar-refractivity contribution in [1.82, 2.24) is 5.32 Å². The van der Waals surface area contributed by atoms with Crippen LogP contribution in [0.15, 0.2) is 18.2 Å². The third-order valence-corrected chi connectivity index (χ3v) is 5.02. The van der Waals surface area contributed by atoms with E-state index in [9.17, 15) is 5.11 Å². The molecule has 2 aromatic rings. The van der Waals surface area contributed by atoms with Crippen molar-refractivity contribution >= 4 is 0 Å². The Morgan fingerprint density at radius 2 is 2.13 bits per heavy atom. The largest absolute Gasteiger partial charge is 0.504 e. The standard InChI is InChI=1S/C18H17NO4/c1-21-14-6-10-4-12-16-9(2-3-19-12)5-15-18(23-8-22-15)17(16)11(10)7-13(14)20/h5-7,12,19-20H,2-4,8H2,1H3/t12-/m1/s1. The van der Waals surface area contributed by atoms with Crippen LogP contribution < -0.4 is 19.5 Å². The molecule has 5 nitrogen and oxygen atoms in total. The minimum Gasteiger partial charge on any atom is -0.504 e. The molecule has 0 bridgehead atoms. The molecule has 5 heteroatoms. The maximum atomic E-state index is 10.2. The first-order valence-corrected chi connectivity index (χ1v) is 7.85. The van der Waals surface area contributed by atoms with Crippen LogP contribution in [0.25, 0.3) is 11.1 Å². The minimum absolute atomic E-state index is 0.152. The molecule has 0 radical (unpaired) electrons. The Morgan fingerprint density at radius 3 is 3.00 bits per heavy atom. The number of aromatic hydroxyl groups is 1. The van der Waals surface area contributed by atoms with Gasteiger partial charge in [-0.25, -0.2) is 0 Å². The van der Waals surface area contributed by atoms with Crippen LogP contribution in [0.2, 0.25) is 0 Å². The average molecular weight is 311 g/mol. The molecule has 0 saturated heterocycles. The molecule has 5 rings (SSSR count). The van der Waals surface area contributed by atoms with Gasteiger partial charge in [0.15, 0.2) is 23.0 Å². The number of phenols is 1. The summed E-state index contributed by atoms with van der Waals surface area (Å²) in [4.78, 5) is 0. The highest BCUT2D eigenvalue weighted by Gasteiger charge is 2.35. The van der Waals surface area contributed by atoms with Crippen molar-refractivity contribution in [3.05, 3.63) is 34.9 Å². The molecule has 0 fully saturated rings. The number of rotatable bonds is 1. The van der Waals surface area contributed by atoms with Crippen molar-refractivity contribution in [2.24, 2.45) is 0 Å². The Morgan fingerprint density at radius 1 is 1.22 bits per heavy atom. The Balaban J connectivity index is 1.84. The molecule has 1 atom stereocenters. The molecule has 0 amide bonds. The summed E-state index contributed by atoms with van der Waals surface area (Å²) in [5.41, 5.74) is 5.83. The van der Waals surface area contributed by atoms with Crippen LogP contribution in [0, 0.1) is 0 Å². The summed E-state index contributed by atoms with van der Waals surface area (Å²) in [6.45, 7) is 1.21. The Kier molecular flexibility index (Phi) is 2.59. The first-order valence-electron chi connectivity index (χ1n) is 7.85. The van der Waals surface area contributed by atoms with Crippen LogP contribution in [0.5, 0.6) is 23.0 Å². The SMILES string of the molecule is COc1cc2c(cc1O)-c1c3c(cc4c1[C@@H](C2)NCC4)OCO3. The van der Waals surface area contributed by atoms with E-state index in [1.54, 1.807) is 13.2 Å². The van der Waals surface area contributed by atoms with E-state index in [4.69, 9.17) is 14.2 Å². The molecule has 0 saturated carbocycles. The highest BCUT2D eigenvalue weighted by atomic mass is 16.7. The van der Waals surface area contributed by atoms with Crippen molar-refractivity contribution in [2.75, 3.05) is 20.4 Å². The fourth-order valence-electron chi connectivity index (χ4n) is 4.04. The molecule has 118 valence electrons. The Labute approximate surface area is 133 Å². The first-order chi connectivity index (χ1) is 11.3. The number of ether oxygens (including phenoxy) is 3. The topological polar surface area (TPSA) is 60.0 Å². The monoisotopic (exact) mass is 311 g/mol. The average Bonchev–Trinajstić information content (AvgIpc) is 3.02. The number of fused-ring (bicyclic) bond motifs is 4. The van der Waals surface area contributed by atoms with Gasteiger partial charge < -0.3 is 24.6 Å². The van der Waals surface area contributed by atoms with E-state index in [2.05, 4.69) is 11.4 Å². The van der Waals surface area contributed by atoms with Crippen LogP contribution in [0.3, 0.4) is 0 Å². The van der Waals surface area contributed by atoms with Crippen LogP contribution >= 0.6 is 0 Å². The van der Waals surface area contributed by atoms with Gasteiger partial charge >= 0.3 is 0 Å². The highest BCUT2D eigenvalue weighted by molar-refractivity contribution is 5.85. The lowest BCUT2D eigenvalue weighted by molar-refractivity contribution is 0.174. The van der Waals surface area contributed by atoms with Crippen LogP contribution in [0.4, 0.5) is 0 Å². The molecular formula is C18H17NO4. The number of phenolic OH excluding ortho intramolecular Hbond substituents is 1. The summed E-state index contributed by atoms with van der Waals surface area (Å²) in [5.74, 6) is 2.26. The van der Waals surface area contributed by atoms with E-state index in [1.165, 1.54) is 11.1 Å². The lowest BCUT2D eigenvalue weighted by atomic mass is 9.77. The van der Waals surface area contributed by atoms with Gasteiger partial charge in [-0.05, 0) is 59.8 Å².